The lowest BCUT2D eigenvalue weighted by Crippen LogP contribution is -2.45. The van der Waals surface area contributed by atoms with Gasteiger partial charge in [-0.25, -0.2) is 5.43 Å². The second kappa shape index (κ2) is 9.30. The molecule has 1 aromatic carbocycles. The van der Waals surface area contributed by atoms with E-state index in [0.29, 0.717) is 24.1 Å². The van der Waals surface area contributed by atoms with Gasteiger partial charge in [0.1, 0.15) is 11.4 Å². The number of carbonyl (C=O) groups excluding carboxylic acids is 1. The maximum absolute atomic E-state index is 12.4. The van der Waals surface area contributed by atoms with Gasteiger partial charge in [0.15, 0.2) is 0 Å². The van der Waals surface area contributed by atoms with E-state index in [1.54, 1.807) is 31.2 Å². The van der Waals surface area contributed by atoms with Gasteiger partial charge in [0.25, 0.3) is 5.91 Å². The number of hydrazone groups is 1. The van der Waals surface area contributed by atoms with Gasteiger partial charge in [-0.05, 0) is 31.9 Å². The highest BCUT2D eigenvalue weighted by molar-refractivity contribution is 6.01. The van der Waals surface area contributed by atoms with E-state index < -0.39 is 11.5 Å². The van der Waals surface area contributed by atoms with Gasteiger partial charge in [0.05, 0.1) is 5.71 Å². The molecular formula is C18H28N2O3. The van der Waals surface area contributed by atoms with E-state index in [1.807, 2.05) is 13.8 Å². The number of benzene rings is 1. The highest BCUT2D eigenvalue weighted by Crippen LogP contribution is 2.22. The number of carbonyl (C=O) groups is 1. The Bertz CT molecular complexity index is 533. The molecule has 0 atom stereocenters. The van der Waals surface area contributed by atoms with Crippen molar-refractivity contribution in [3.05, 3.63) is 29.8 Å². The molecule has 0 heterocycles. The van der Waals surface area contributed by atoms with E-state index in [-0.39, 0.29) is 5.75 Å². The lowest BCUT2D eigenvalue weighted by Gasteiger charge is -2.25. The van der Waals surface area contributed by atoms with Gasteiger partial charge in [0.2, 0.25) is 0 Å². The Hall–Kier alpha value is -1.88. The van der Waals surface area contributed by atoms with Crippen LogP contribution in [0, 0.1) is 0 Å². The Kier molecular flexibility index (Phi) is 7.75. The van der Waals surface area contributed by atoms with Crippen molar-refractivity contribution in [1.29, 1.82) is 0 Å². The molecule has 1 rings (SSSR count). The van der Waals surface area contributed by atoms with Crippen LogP contribution < -0.4 is 5.43 Å². The zero-order valence-electron chi connectivity index (χ0n) is 14.3. The lowest BCUT2D eigenvalue weighted by atomic mass is 9.90. The summed E-state index contributed by atoms with van der Waals surface area (Å²) in [6.45, 7) is 5.75. The van der Waals surface area contributed by atoms with Crippen LogP contribution in [0.3, 0.4) is 0 Å². The van der Waals surface area contributed by atoms with Gasteiger partial charge in [-0.2, -0.15) is 5.10 Å². The van der Waals surface area contributed by atoms with Crippen LogP contribution >= 0.6 is 0 Å². The predicted octanol–water partition coefficient (Wildman–Crippen LogP) is 3.34. The number of hydrogen-bond acceptors (Lipinski definition) is 4. The van der Waals surface area contributed by atoms with Crippen LogP contribution in [0.4, 0.5) is 0 Å². The fourth-order valence-corrected chi connectivity index (χ4v) is 2.37. The Balaban J connectivity index is 2.81. The summed E-state index contributed by atoms with van der Waals surface area (Å²) in [6.07, 6.45) is 4.27. The Labute approximate surface area is 138 Å². The van der Waals surface area contributed by atoms with Crippen molar-refractivity contribution >= 4 is 11.6 Å². The number of phenolic OH excluding ortho intramolecular Hbond substituents is 1. The molecule has 1 amide bonds. The topological polar surface area (TPSA) is 81.9 Å². The maximum atomic E-state index is 12.4. The molecule has 0 radical (unpaired) electrons. The SMILES string of the molecule is CCCCC(O)(CCCC)C(=O)NN=C(C)c1ccccc1O. The minimum absolute atomic E-state index is 0.107. The van der Waals surface area contributed by atoms with Crippen molar-refractivity contribution in [2.24, 2.45) is 5.10 Å². The molecule has 0 saturated heterocycles. The van der Waals surface area contributed by atoms with Crippen LogP contribution in [0.25, 0.3) is 0 Å². The Morgan fingerprint density at radius 3 is 2.26 bits per heavy atom. The number of hydrogen-bond donors (Lipinski definition) is 3. The zero-order chi connectivity index (χ0) is 17.3. The highest BCUT2D eigenvalue weighted by atomic mass is 16.3. The van der Waals surface area contributed by atoms with Crippen molar-refractivity contribution in [1.82, 2.24) is 5.43 Å². The number of phenols is 1. The standard InChI is InChI=1S/C18H28N2O3/c1-4-6-12-18(23,13-7-5-2)17(22)20-19-14(3)15-10-8-9-11-16(15)21/h8-11,21,23H,4-7,12-13H2,1-3H3,(H,20,22). The molecule has 0 aromatic heterocycles. The molecular weight excluding hydrogens is 292 g/mol. The molecule has 5 nitrogen and oxygen atoms in total. The average molecular weight is 320 g/mol. The molecule has 0 saturated carbocycles. The Morgan fingerprint density at radius 1 is 1.17 bits per heavy atom. The van der Waals surface area contributed by atoms with E-state index >= 15 is 0 Å². The van der Waals surface area contributed by atoms with Crippen LogP contribution in [0.2, 0.25) is 0 Å². The van der Waals surface area contributed by atoms with E-state index in [9.17, 15) is 15.0 Å². The third-order valence-corrected chi connectivity index (χ3v) is 3.93. The fourth-order valence-electron chi connectivity index (χ4n) is 2.37. The summed E-state index contributed by atoms with van der Waals surface area (Å²) < 4.78 is 0. The number of nitrogens with zero attached hydrogens (tertiary/aromatic N) is 1. The molecule has 23 heavy (non-hydrogen) atoms. The third-order valence-electron chi connectivity index (χ3n) is 3.93. The second-order valence-corrected chi connectivity index (χ2v) is 5.89. The molecule has 5 heteroatoms. The predicted molar refractivity (Wildman–Crippen MR) is 92.5 cm³/mol. The van der Waals surface area contributed by atoms with Gasteiger partial charge in [-0.1, -0.05) is 51.7 Å². The van der Waals surface area contributed by atoms with Gasteiger partial charge in [0, 0.05) is 5.56 Å². The van der Waals surface area contributed by atoms with Crippen molar-refractivity contribution in [3.63, 3.8) is 0 Å². The molecule has 128 valence electrons. The minimum Gasteiger partial charge on any atom is -0.507 e. The minimum atomic E-state index is -1.38. The van der Waals surface area contributed by atoms with Gasteiger partial charge in [-0.15, -0.1) is 0 Å². The van der Waals surface area contributed by atoms with Crippen molar-refractivity contribution in [2.75, 3.05) is 0 Å². The molecule has 1 aromatic rings. The molecule has 0 fully saturated rings. The van der Waals surface area contributed by atoms with E-state index in [1.165, 1.54) is 0 Å². The maximum Gasteiger partial charge on any atom is 0.271 e. The summed E-state index contributed by atoms with van der Waals surface area (Å²) in [5.74, 6) is -0.371. The van der Waals surface area contributed by atoms with Gasteiger partial charge in [-0.3, -0.25) is 4.79 Å². The molecule has 0 aliphatic heterocycles. The second-order valence-electron chi connectivity index (χ2n) is 5.89. The third kappa shape index (κ3) is 5.67. The lowest BCUT2D eigenvalue weighted by molar-refractivity contribution is -0.141. The zero-order valence-corrected chi connectivity index (χ0v) is 14.3. The first-order valence-corrected chi connectivity index (χ1v) is 8.30. The Morgan fingerprint density at radius 2 is 1.74 bits per heavy atom. The number of aliphatic hydroxyl groups is 1. The largest absolute Gasteiger partial charge is 0.507 e. The number of unbranched alkanes of at least 4 members (excludes halogenated alkanes) is 2. The van der Waals surface area contributed by atoms with E-state index in [4.69, 9.17) is 0 Å². The molecule has 0 unspecified atom stereocenters. The van der Waals surface area contributed by atoms with Crippen LogP contribution in [-0.4, -0.2) is 27.4 Å². The number of para-hydroxylation sites is 1. The number of amides is 1. The molecule has 0 aliphatic rings. The first-order chi connectivity index (χ1) is 10.9. The van der Waals surface area contributed by atoms with Crippen molar-refractivity contribution < 1.29 is 15.0 Å². The fraction of sp³-hybridized carbons (Fsp3) is 0.556. The number of nitrogens with one attached hydrogen (secondary N) is 1. The van der Waals surface area contributed by atoms with E-state index in [0.717, 1.165) is 25.7 Å². The number of aromatic hydroxyl groups is 1. The smallest absolute Gasteiger partial charge is 0.271 e. The monoisotopic (exact) mass is 320 g/mol. The molecule has 0 bridgehead atoms. The summed E-state index contributed by atoms with van der Waals surface area (Å²) in [5.41, 5.74) is 2.12. The normalized spacial score (nSPS) is 12.3. The van der Waals surface area contributed by atoms with E-state index in [2.05, 4.69) is 10.5 Å². The summed E-state index contributed by atoms with van der Waals surface area (Å²) in [6, 6.07) is 6.80. The van der Waals surface area contributed by atoms with Crippen molar-refractivity contribution in [2.45, 2.75) is 64.9 Å². The van der Waals surface area contributed by atoms with Crippen LogP contribution in [0.15, 0.2) is 29.4 Å². The quantitative estimate of drug-likeness (QED) is 0.482. The van der Waals surface area contributed by atoms with Crippen LogP contribution in [0.5, 0.6) is 5.75 Å². The summed E-state index contributed by atoms with van der Waals surface area (Å²) in [7, 11) is 0. The average Bonchev–Trinajstić information content (AvgIpc) is 2.56. The first-order valence-electron chi connectivity index (χ1n) is 8.30. The van der Waals surface area contributed by atoms with Gasteiger partial charge < -0.3 is 10.2 Å². The van der Waals surface area contributed by atoms with Gasteiger partial charge >= 0.3 is 0 Å². The molecule has 0 aliphatic carbocycles. The molecule has 0 spiro atoms. The summed E-state index contributed by atoms with van der Waals surface area (Å²) >= 11 is 0. The van der Waals surface area contributed by atoms with Crippen LogP contribution in [-0.2, 0) is 4.79 Å². The summed E-state index contributed by atoms with van der Waals surface area (Å²) in [4.78, 5) is 12.4. The van der Waals surface area contributed by atoms with Crippen LogP contribution in [0.1, 0.15) is 64.9 Å². The highest BCUT2D eigenvalue weighted by Gasteiger charge is 2.34. The first kappa shape index (κ1) is 19.2. The number of rotatable bonds is 9. The van der Waals surface area contributed by atoms with Crippen molar-refractivity contribution in [3.8, 4) is 5.75 Å². The summed E-state index contributed by atoms with van der Waals surface area (Å²) in [5, 5.41) is 24.5. The molecule has 3 N–H and O–H groups in total.